The fourth-order valence-corrected chi connectivity index (χ4v) is 6.18. The van der Waals surface area contributed by atoms with Crippen LogP contribution in [-0.4, -0.2) is 12.3 Å². The van der Waals surface area contributed by atoms with Crippen molar-refractivity contribution in [2.45, 2.75) is 71.4 Å². The van der Waals surface area contributed by atoms with Gasteiger partial charge in [-0.15, -0.1) is 0 Å². The first kappa shape index (κ1) is 14.6. The zero-order valence-corrected chi connectivity index (χ0v) is 13.7. The smallest absolute Gasteiger partial charge is 0.00927 e. The third kappa shape index (κ3) is 3.01. The van der Waals surface area contributed by atoms with Gasteiger partial charge in [0.25, 0.3) is 0 Å². The van der Waals surface area contributed by atoms with Crippen LogP contribution in [0.25, 0.3) is 0 Å². The predicted octanol–water partition coefficient (Wildman–Crippen LogP) is 6.02. The summed E-state index contributed by atoms with van der Waals surface area (Å²) in [6, 6.07) is 0. The first-order valence-corrected chi connectivity index (χ1v) is 9.72. The maximum Gasteiger partial charge on any atom is -0.00927 e. The van der Waals surface area contributed by atoms with Gasteiger partial charge in [0, 0.05) is 0 Å². The van der Waals surface area contributed by atoms with Crippen LogP contribution >= 0.6 is 7.92 Å². The van der Waals surface area contributed by atoms with E-state index in [1.165, 1.54) is 44.9 Å². The Bertz CT molecular complexity index is 305. The molecule has 104 valence electrons. The Hall–Kier alpha value is 0.170. The van der Waals surface area contributed by atoms with Gasteiger partial charge in [-0.2, -0.15) is 0 Å². The van der Waals surface area contributed by atoms with Crippen LogP contribution in [0, 0.1) is 17.3 Å². The van der Waals surface area contributed by atoms with Gasteiger partial charge in [0.15, 0.2) is 0 Å². The molecule has 0 aromatic carbocycles. The van der Waals surface area contributed by atoms with E-state index in [0.717, 1.165) is 17.5 Å². The lowest BCUT2D eigenvalue weighted by molar-refractivity contribution is 0.272. The van der Waals surface area contributed by atoms with Crippen LogP contribution in [0.2, 0.25) is 0 Å². The molecule has 1 heterocycles. The molecule has 0 aromatic rings. The van der Waals surface area contributed by atoms with E-state index in [-0.39, 0.29) is 7.92 Å². The quantitative estimate of drug-likeness (QED) is 0.546. The molecule has 18 heavy (non-hydrogen) atoms. The monoisotopic (exact) mass is 266 g/mol. The summed E-state index contributed by atoms with van der Waals surface area (Å²) in [5.74, 6) is 1.94. The van der Waals surface area contributed by atoms with E-state index < -0.39 is 0 Å². The summed E-state index contributed by atoms with van der Waals surface area (Å²) in [4.78, 5) is 0. The van der Waals surface area contributed by atoms with Gasteiger partial charge in [-0.25, -0.2) is 0 Å². The molecule has 1 aliphatic carbocycles. The standard InChI is InChI=1S/C17H31P/c1-6-17(3,4)11-10-14-8-7-9-15-13(2)18(5)16(15)12-14/h14-16H,2,6-12H2,1,3-5H3/t14-,15?,16?,18?/m0/s1. The lowest BCUT2D eigenvalue weighted by Gasteiger charge is -2.46. The first-order valence-electron chi connectivity index (χ1n) is 7.86. The van der Waals surface area contributed by atoms with E-state index in [2.05, 4.69) is 34.0 Å². The van der Waals surface area contributed by atoms with Crippen molar-refractivity contribution in [1.29, 1.82) is 0 Å². The van der Waals surface area contributed by atoms with Crippen LogP contribution in [0.1, 0.15) is 65.7 Å². The van der Waals surface area contributed by atoms with Crippen LogP contribution in [0.5, 0.6) is 0 Å². The van der Waals surface area contributed by atoms with E-state index in [0.29, 0.717) is 5.41 Å². The Labute approximate surface area is 115 Å². The Morgan fingerprint density at radius 1 is 1.33 bits per heavy atom. The predicted molar refractivity (Wildman–Crippen MR) is 84.5 cm³/mol. The van der Waals surface area contributed by atoms with Crippen LogP contribution < -0.4 is 0 Å². The zero-order valence-electron chi connectivity index (χ0n) is 12.8. The summed E-state index contributed by atoms with van der Waals surface area (Å²) < 4.78 is 0. The second-order valence-electron chi connectivity index (χ2n) is 7.37. The lowest BCUT2D eigenvalue weighted by Crippen LogP contribution is -2.31. The first-order chi connectivity index (χ1) is 8.44. The minimum Gasteiger partial charge on any atom is -0.0951 e. The van der Waals surface area contributed by atoms with Crippen LogP contribution in [0.4, 0.5) is 0 Å². The van der Waals surface area contributed by atoms with Crippen molar-refractivity contribution in [3.05, 3.63) is 11.9 Å². The van der Waals surface area contributed by atoms with Crippen LogP contribution in [0.3, 0.4) is 0 Å². The lowest BCUT2D eigenvalue weighted by atomic mass is 9.81. The molecule has 3 unspecified atom stereocenters. The SMILES string of the molecule is C=C1C2CCC[C@@H](CCC(C)(C)CC)CC2P1C. The van der Waals surface area contributed by atoms with E-state index in [1.54, 1.807) is 5.31 Å². The molecule has 2 aliphatic rings. The summed E-state index contributed by atoms with van der Waals surface area (Å²) in [5, 5.41) is 1.63. The molecule has 0 radical (unpaired) electrons. The topological polar surface area (TPSA) is 0 Å². The maximum absolute atomic E-state index is 4.32. The molecule has 0 nitrogen and oxygen atoms in total. The molecule has 0 amide bonds. The Morgan fingerprint density at radius 2 is 2.06 bits per heavy atom. The van der Waals surface area contributed by atoms with Crippen molar-refractivity contribution in [1.82, 2.24) is 0 Å². The van der Waals surface area contributed by atoms with Gasteiger partial charge in [-0.05, 0) is 60.6 Å². The molecular formula is C17H31P. The van der Waals surface area contributed by atoms with Crippen LogP contribution in [0.15, 0.2) is 11.9 Å². The highest BCUT2D eigenvalue weighted by molar-refractivity contribution is 7.64. The van der Waals surface area contributed by atoms with Gasteiger partial charge in [0.05, 0.1) is 0 Å². The minimum atomic E-state index is 0.183. The van der Waals surface area contributed by atoms with Gasteiger partial charge in [-0.1, -0.05) is 54.5 Å². The molecule has 4 atom stereocenters. The van der Waals surface area contributed by atoms with Crippen molar-refractivity contribution in [3.8, 4) is 0 Å². The van der Waals surface area contributed by atoms with E-state index >= 15 is 0 Å². The summed E-state index contributed by atoms with van der Waals surface area (Å²) in [6.45, 7) is 14.0. The van der Waals surface area contributed by atoms with Crippen molar-refractivity contribution >= 4 is 7.92 Å². The highest BCUT2D eigenvalue weighted by Crippen LogP contribution is 2.67. The van der Waals surface area contributed by atoms with Gasteiger partial charge < -0.3 is 0 Å². The molecule has 0 N–H and O–H groups in total. The van der Waals surface area contributed by atoms with Crippen molar-refractivity contribution in [2.24, 2.45) is 17.3 Å². The molecule has 1 aliphatic heterocycles. The largest absolute Gasteiger partial charge is 0.0951 e. The average molecular weight is 266 g/mol. The van der Waals surface area contributed by atoms with E-state index in [9.17, 15) is 0 Å². The molecule has 2 rings (SSSR count). The summed E-state index contributed by atoms with van der Waals surface area (Å²) >= 11 is 0. The van der Waals surface area contributed by atoms with Gasteiger partial charge in [-0.3, -0.25) is 0 Å². The fourth-order valence-electron chi connectivity index (χ4n) is 3.69. The molecule has 2 fully saturated rings. The summed E-state index contributed by atoms with van der Waals surface area (Å²) in [5.41, 5.74) is 1.61. The third-order valence-electron chi connectivity index (χ3n) is 5.73. The highest BCUT2D eigenvalue weighted by atomic mass is 31.1. The number of allylic oxidation sites excluding steroid dienone is 1. The maximum atomic E-state index is 4.32. The molecule has 0 spiro atoms. The van der Waals surface area contributed by atoms with Gasteiger partial charge in [0.1, 0.15) is 0 Å². The number of fused-ring (bicyclic) bond motifs is 1. The molecule has 0 aromatic heterocycles. The van der Waals surface area contributed by atoms with Crippen LogP contribution in [-0.2, 0) is 0 Å². The second kappa shape index (κ2) is 5.66. The molecule has 1 heteroatoms. The molecule has 1 saturated heterocycles. The van der Waals surface area contributed by atoms with Gasteiger partial charge in [0.2, 0.25) is 0 Å². The normalized spacial score (nSPS) is 36.8. The minimum absolute atomic E-state index is 0.183. The fraction of sp³-hybridized carbons (Fsp3) is 0.882. The van der Waals surface area contributed by atoms with E-state index in [4.69, 9.17) is 0 Å². The van der Waals surface area contributed by atoms with Crippen molar-refractivity contribution in [2.75, 3.05) is 6.66 Å². The van der Waals surface area contributed by atoms with Gasteiger partial charge >= 0.3 is 0 Å². The molecule has 0 bridgehead atoms. The Balaban J connectivity index is 1.86. The number of hydrogen-bond acceptors (Lipinski definition) is 0. The second-order valence-corrected chi connectivity index (χ2v) is 9.82. The zero-order chi connectivity index (χ0) is 13.3. The van der Waals surface area contributed by atoms with E-state index in [1.807, 2.05) is 0 Å². The Morgan fingerprint density at radius 3 is 2.72 bits per heavy atom. The summed E-state index contributed by atoms with van der Waals surface area (Å²) in [6.07, 6.45) is 10.1. The third-order valence-corrected chi connectivity index (χ3v) is 8.54. The summed E-state index contributed by atoms with van der Waals surface area (Å²) in [7, 11) is 0.183. The number of rotatable bonds is 4. The average Bonchev–Trinajstić information content (AvgIpc) is 2.56. The number of hydrogen-bond donors (Lipinski definition) is 0. The highest BCUT2D eigenvalue weighted by Gasteiger charge is 2.43. The molecule has 1 saturated carbocycles. The molecular weight excluding hydrogens is 235 g/mol. The Kier molecular flexibility index (Phi) is 4.58. The van der Waals surface area contributed by atoms with Crippen molar-refractivity contribution < 1.29 is 0 Å². The van der Waals surface area contributed by atoms with Crippen molar-refractivity contribution in [3.63, 3.8) is 0 Å².